The van der Waals surface area contributed by atoms with Gasteiger partial charge in [0.15, 0.2) is 0 Å². The molecule has 0 N–H and O–H groups in total. The number of nitro groups is 1. The van der Waals surface area contributed by atoms with Gasteiger partial charge in [0.05, 0.1) is 22.4 Å². The fourth-order valence-corrected chi connectivity index (χ4v) is 4.19. The molecular formula is C17H14N2O6. The smallest absolute Gasteiger partial charge is 0.313 e. The third-order valence-electron chi connectivity index (χ3n) is 5.12. The number of anilines is 1. The predicted molar refractivity (Wildman–Crippen MR) is 84.6 cm³/mol. The Hall–Kier alpha value is -3.03. The summed E-state index contributed by atoms with van der Waals surface area (Å²) in [5.74, 6) is -2.19. The predicted octanol–water partition coefficient (Wildman–Crippen LogP) is 1.83. The molecule has 4 rings (SSSR count). The van der Waals surface area contributed by atoms with Crippen LogP contribution in [0.2, 0.25) is 0 Å². The van der Waals surface area contributed by atoms with Gasteiger partial charge in [0, 0.05) is 13.0 Å². The molecule has 25 heavy (non-hydrogen) atoms. The number of nitrogens with zero attached hydrogens (tertiary/aromatic N) is 2. The van der Waals surface area contributed by atoms with Crippen molar-refractivity contribution in [1.82, 2.24) is 0 Å². The van der Waals surface area contributed by atoms with Crippen LogP contribution in [0.4, 0.5) is 11.4 Å². The minimum absolute atomic E-state index is 0.0618. The molecule has 2 amide bonds. The zero-order valence-corrected chi connectivity index (χ0v) is 13.2. The number of benzene rings is 1. The molecule has 0 spiro atoms. The number of esters is 1. The third kappa shape index (κ3) is 2.17. The van der Waals surface area contributed by atoms with Gasteiger partial charge in [-0.15, -0.1) is 0 Å². The van der Waals surface area contributed by atoms with Gasteiger partial charge in [-0.1, -0.05) is 12.2 Å². The van der Waals surface area contributed by atoms with Gasteiger partial charge in [-0.2, -0.15) is 0 Å². The highest BCUT2D eigenvalue weighted by molar-refractivity contribution is 6.23. The molecule has 0 aromatic heterocycles. The highest BCUT2D eigenvalue weighted by Gasteiger charge is 2.59. The van der Waals surface area contributed by atoms with Crippen molar-refractivity contribution >= 4 is 29.2 Å². The van der Waals surface area contributed by atoms with E-state index in [9.17, 15) is 24.5 Å². The first-order chi connectivity index (χ1) is 11.9. The molecule has 1 saturated carbocycles. The number of fused-ring (bicyclic) bond motifs is 5. The largest absolute Gasteiger partial charge is 0.419 e. The van der Waals surface area contributed by atoms with Crippen molar-refractivity contribution in [3.05, 3.63) is 40.5 Å². The number of ether oxygens (including phenoxy) is 1. The minimum Gasteiger partial charge on any atom is -0.419 e. The van der Waals surface area contributed by atoms with Crippen LogP contribution in [0.1, 0.15) is 13.3 Å². The van der Waals surface area contributed by atoms with E-state index in [1.165, 1.54) is 12.1 Å². The van der Waals surface area contributed by atoms with Crippen LogP contribution in [0.15, 0.2) is 30.4 Å². The summed E-state index contributed by atoms with van der Waals surface area (Å²) < 4.78 is 4.82. The summed E-state index contributed by atoms with van der Waals surface area (Å²) in [6.45, 7) is 1.13. The average Bonchev–Trinajstić information content (AvgIpc) is 3.21. The van der Waals surface area contributed by atoms with Crippen LogP contribution >= 0.6 is 0 Å². The number of imide groups is 1. The molecule has 0 radical (unpaired) electrons. The van der Waals surface area contributed by atoms with Gasteiger partial charge in [0.1, 0.15) is 0 Å². The van der Waals surface area contributed by atoms with E-state index < -0.39 is 16.6 Å². The zero-order chi connectivity index (χ0) is 17.9. The Balaban J connectivity index is 1.72. The fraction of sp³-hybridized carbons (Fsp3) is 0.353. The van der Waals surface area contributed by atoms with Crippen molar-refractivity contribution in [3.63, 3.8) is 0 Å². The Morgan fingerprint density at radius 3 is 2.32 bits per heavy atom. The highest BCUT2D eigenvalue weighted by Crippen LogP contribution is 2.53. The number of carbonyl (C=O) groups excluding carboxylic acids is 3. The SMILES string of the molecule is CC(=O)Oc1ccc(N2C(=O)[C@@H]3[C@@H](C2=O)[C@H]2C=C[C@@H]3C2)cc1[N+](=O)[O-]. The number of rotatable bonds is 3. The summed E-state index contributed by atoms with van der Waals surface area (Å²) in [6.07, 6.45) is 4.77. The van der Waals surface area contributed by atoms with Gasteiger partial charge in [0.2, 0.25) is 17.6 Å². The molecule has 2 aliphatic carbocycles. The van der Waals surface area contributed by atoms with Gasteiger partial charge in [0.25, 0.3) is 0 Å². The molecule has 0 unspecified atom stereocenters. The van der Waals surface area contributed by atoms with Crippen molar-refractivity contribution in [2.24, 2.45) is 23.7 Å². The molecular weight excluding hydrogens is 328 g/mol. The summed E-state index contributed by atoms with van der Waals surface area (Å²) in [4.78, 5) is 48.2. The molecule has 1 aromatic rings. The van der Waals surface area contributed by atoms with Gasteiger partial charge >= 0.3 is 11.7 Å². The second-order valence-corrected chi connectivity index (χ2v) is 6.51. The van der Waals surface area contributed by atoms with E-state index in [2.05, 4.69) is 0 Å². The van der Waals surface area contributed by atoms with Crippen LogP contribution in [-0.4, -0.2) is 22.7 Å². The van der Waals surface area contributed by atoms with Crippen LogP contribution in [0.25, 0.3) is 0 Å². The number of amides is 2. The number of nitro benzene ring substituents is 1. The Bertz CT molecular complexity index is 831. The minimum atomic E-state index is -0.709. The second kappa shape index (κ2) is 5.23. The molecule has 8 heteroatoms. The van der Waals surface area contributed by atoms with E-state index in [0.717, 1.165) is 24.3 Å². The molecule has 128 valence electrons. The molecule has 1 saturated heterocycles. The first kappa shape index (κ1) is 15.5. The number of hydrogen-bond acceptors (Lipinski definition) is 6. The average molecular weight is 342 g/mol. The Kier molecular flexibility index (Phi) is 3.24. The molecule has 1 aromatic carbocycles. The van der Waals surface area contributed by atoms with Gasteiger partial charge in [-0.05, 0) is 30.4 Å². The van der Waals surface area contributed by atoms with Crippen LogP contribution in [0.3, 0.4) is 0 Å². The highest BCUT2D eigenvalue weighted by atomic mass is 16.6. The summed E-state index contributed by atoms with van der Waals surface area (Å²) in [5, 5.41) is 11.3. The quantitative estimate of drug-likeness (QED) is 0.207. The summed E-state index contributed by atoms with van der Waals surface area (Å²) in [7, 11) is 0. The lowest BCUT2D eigenvalue weighted by Gasteiger charge is -2.17. The monoisotopic (exact) mass is 342 g/mol. The second-order valence-electron chi connectivity index (χ2n) is 6.51. The van der Waals surface area contributed by atoms with Crippen LogP contribution in [-0.2, 0) is 14.4 Å². The van der Waals surface area contributed by atoms with E-state index in [-0.39, 0.29) is 46.9 Å². The molecule has 8 nitrogen and oxygen atoms in total. The Morgan fingerprint density at radius 1 is 1.20 bits per heavy atom. The maximum Gasteiger partial charge on any atom is 0.313 e. The summed E-state index contributed by atoms with van der Waals surface area (Å²) in [5.41, 5.74) is -0.335. The number of carbonyl (C=O) groups is 3. The molecule has 4 atom stereocenters. The lowest BCUT2D eigenvalue weighted by atomic mass is 9.85. The number of hydrogen-bond donors (Lipinski definition) is 0. The van der Waals surface area contributed by atoms with Crippen molar-refractivity contribution < 1.29 is 24.0 Å². The van der Waals surface area contributed by atoms with Crippen molar-refractivity contribution in [2.75, 3.05) is 4.90 Å². The first-order valence-electron chi connectivity index (χ1n) is 7.91. The summed E-state index contributed by atoms with van der Waals surface area (Å²) in [6, 6.07) is 3.72. The topological polar surface area (TPSA) is 107 Å². The lowest BCUT2D eigenvalue weighted by Crippen LogP contribution is -2.32. The van der Waals surface area contributed by atoms with Crippen LogP contribution < -0.4 is 9.64 Å². The zero-order valence-electron chi connectivity index (χ0n) is 13.2. The van der Waals surface area contributed by atoms with Gasteiger partial charge in [-0.3, -0.25) is 24.5 Å². The van der Waals surface area contributed by atoms with Crippen molar-refractivity contribution in [2.45, 2.75) is 13.3 Å². The molecule has 2 fully saturated rings. The lowest BCUT2D eigenvalue weighted by molar-refractivity contribution is -0.385. The summed E-state index contributed by atoms with van der Waals surface area (Å²) >= 11 is 0. The van der Waals surface area contributed by atoms with Crippen molar-refractivity contribution in [1.29, 1.82) is 0 Å². The normalized spacial score (nSPS) is 29.2. The molecule has 2 bridgehead atoms. The van der Waals surface area contributed by atoms with E-state index in [1.807, 2.05) is 12.2 Å². The molecule has 1 heterocycles. The fourth-order valence-electron chi connectivity index (χ4n) is 4.19. The molecule has 1 aliphatic heterocycles. The van der Waals surface area contributed by atoms with Crippen LogP contribution in [0, 0.1) is 33.8 Å². The van der Waals surface area contributed by atoms with E-state index in [0.29, 0.717) is 0 Å². The Labute approximate surface area is 142 Å². The maximum absolute atomic E-state index is 12.7. The van der Waals surface area contributed by atoms with Crippen LogP contribution in [0.5, 0.6) is 5.75 Å². The standard InChI is InChI=1S/C17H14N2O6/c1-8(20)25-13-5-4-11(7-12(13)19(23)24)18-16(21)14-9-2-3-10(6-9)15(14)17(18)22/h2-5,7,9-10,14-15H,6H2,1H3/t9-,10+,14-,15-/m0/s1. The van der Waals surface area contributed by atoms with Gasteiger partial charge < -0.3 is 4.74 Å². The molecule has 3 aliphatic rings. The van der Waals surface area contributed by atoms with E-state index in [1.54, 1.807) is 0 Å². The van der Waals surface area contributed by atoms with E-state index >= 15 is 0 Å². The Morgan fingerprint density at radius 2 is 1.80 bits per heavy atom. The number of allylic oxidation sites excluding steroid dienone is 2. The maximum atomic E-state index is 12.7. The first-order valence-corrected chi connectivity index (χ1v) is 7.91. The van der Waals surface area contributed by atoms with E-state index in [4.69, 9.17) is 4.74 Å². The van der Waals surface area contributed by atoms with Gasteiger partial charge in [-0.25, -0.2) is 4.90 Å². The third-order valence-corrected chi connectivity index (χ3v) is 5.12. The van der Waals surface area contributed by atoms with Crippen molar-refractivity contribution in [3.8, 4) is 5.75 Å².